The van der Waals surface area contributed by atoms with Crippen LogP contribution in [-0.2, 0) is 6.42 Å². The van der Waals surface area contributed by atoms with Gasteiger partial charge in [-0.3, -0.25) is 0 Å². The number of hydrogen-bond donors (Lipinski definition) is 1. The first kappa shape index (κ1) is 13.1. The molecule has 0 saturated carbocycles. The molecular weight excluding hydrogens is 245 g/mol. The molecule has 3 heteroatoms. The van der Waals surface area contributed by atoms with Gasteiger partial charge in [-0.1, -0.05) is 29.5 Å². The third-order valence-electron chi connectivity index (χ3n) is 2.69. The second kappa shape index (κ2) is 6.03. The van der Waals surface area contributed by atoms with Gasteiger partial charge in [0.15, 0.2) is 0 Å². The number of hydrogen-bond acceptors (Lipinski definition) is 2. The van der Waals surface area contributed by atoms with Crippen LogP contribution in [0.25, 0.3) is 0 Å². The second-order valence-corrected chi connectivity index (χ2v) is 5.32. The van der Waals surface area contributed by atoms with Crippen LogP contribution in [-0.4, -0.2) is 6.54 Å². The summed E-state index contributed by atoms with van der Waals surface area (Å²) >= 11 is 1.65. The van der Waals surface area contributed by atoms with Crippen molar-refractivity contribution in [2.75, 3.05) is 6.54 Å². The van der Waals surface area contributed by atoms with E-state index in [0.29, 0.717) is 13.0 Å². The van der Waals surface area contributed by atoms with E-state index in [4.69, 9.17) is 5.73 Å². The van der Waals surface area contributed by atoms with Crippen molar-refractivity contribution in [3.8, 4) is 0 Å². The molecule has 2 aromatic rings. The van der Waals surface area contributed by atoms with Gasteiger partial charge < -0.3 is 5.73 Å². The van der Waals surface area contributed by atoms with Gasteiger partial charge in [-0.2, -0.15) is 0 Å². The number of aryl methyl sites for hydroxylation is 1. The molecule has 0 radical (unpaired) electrons. The van der Waals surface area contributed by atoms with Crippen molar-refractivity contribution in [2.45, 2.75) is 23.1 Å². The molecule has 0 aliphatic heterocycles. The van der Waals surface area contributed by atoms with E-state index in [2.05, 4.69) is 31.2 Å². The summed E-state index contributed by atoms with van der Waals surface area (Å²) in [4.78, 5) is 2.23. The molecule has 0 bridgehead atoms. The lowest BCUT2D eigenvalue weighted by Gasteiger charge is -2.08. The zero-order valence-electron chi connectivity index (χ0n) is 10.3. The van der Waals surface area contributed by atoms with Crippen LogP contribution in [0, 0.1) is 12.7 Å². The van der Waals surface area contributed by atoms with Crippen molar-refractivity contribution < 1.29 is 4.39 Å². The van der Waals surface area contributed by atoms with Crippen LogP contribution in [0.3, 0.4) is 0 Å². The highest BCUT2D eigenvalue weighted by atomic mass is 32.2. The SMILES string of the molecule is Cc1ccc(Sc2ccc(F)cc2CCN)cc1. The van der Waals surface area contributed by atoms with E-state index in [1.54, 1.807) is 17.8 Å². The van der Waals surface area contributed by atoms with Crippen molar-refractivity contribution in [3.05, 3.63) is 59.4 Å². The summed E-state index contributed by atoms with van der Waals surface area (Å²) in [5.74, 6) is -0.202. The van der Waals surface area contributed by atoms with Gasteiger partial charge in [-0.25, -0.2) is 4.39 Å². The molecule has 0 spiro atoms. The summed E-state index contributed by atoms with van der Waals surface area (Å²) in [6.07, 6.45) is 0.700. The van der Waals surface area contributed by atoms with Crippen LogP contribution in [0.15, 0.2) is 52.3 Å². The summed E-state index contributed by atoms with van der Waals surface area (Å²) < 4.78 is 13.2. The van der Waals surface area contributed by atoms with Crippen molar-refractivity contribution in [3.63, 3.8) is 0 Å². The van der Waals surface area contributed by atoms with Crippen molar-refractivity contribution in [1.82, 2.24) is 0 Å². The molecule has 2 rings (SSSR count). The maximum Gasteiger partial charge on any atom is 0.123 e. The van der Waals surface area contributed by atoms with Crippen molar-refractivity contribution >= 4 is 11.8 Å². The average Bonchev–Trinajstić information content (AvgIpc) is 2.36. The summed E-state index contributed by atoms with van der Waals surface area (Å²) in [5.41, 5.74) is 7.77. The van der Waals surface area contributed by atoms with Crippen LogP contribution in [0.2, 0.25) is 0 Å². The molecule has 0 saturated heterocycles. The Morgan fingerprint density at radius 3 is 2.50 bits per heavy atom. The largest absolute Gasteiger partial charge is 0.330 e. The Hall–Kier alpha value is -1.32. The number of benzene rings is 2. The molecule has 18 heavy (non-hydrogen) atoms. The Morgan fingerprint density at radius 2 is 1.83 bits per heavy atom. The monoisotopic (exact) mass is 261 g/mol. The lowest BCUT2D eigenvalue weighted by Crippen LogP contribution is -2.04. The second-order valence-electron chi connectivity index (χ2n) is 4.21. The molecule has 94 valence electrons. The van der Waals surface area contributed by atoms with E-state index in [9.17, 15) is 4.39 Å². The fraction of sp³-hybridized carbons (Fsp3) is 0.200. The molecule has 0 fully saturated rings. The molecule has 0 heterocycles. The Kier molecular flexibility index (Phi) is 4.39. The molecule has 0 aromatic heterocycles. The molecule has 2 N–H and O–H groups in total. The third-order valence-corrected chi connectivity index (χ3v) is 3.81. The summed E-state index contributed by atoms with van der Waals surface area (Å²) in [7, 11) is 0. The molecule has 0 unspecified atom stereocenters. The Labute approximate surface area is 111 Å². The molecule has 1 nitrogen and oxygen atoms in total. The first-order chi connectivity index (χ1) is 8.69. The molecular formula is C15H16FNS. The highest BCUT2D eigenvalue weighted by Gasteiger charge is 2.05. The topological polar surface area (TPSA) is 26.0 Å². The van der Waals surface area contributed by atoms with Gasteiger partial charge >= 0.3 is 0 Å². The first-order valence-electron chi connectivity index (χ1n) is 5.92. The summed E-state index contributed by atoms with van der Waals surface area (Å²) in [5, 5.41) is 0. The zero-order chi connectivity index (χ0) is 13.0. The lowest BCUT2D eigenvalue weighted by molar-refractivity contribution is 0.623. The van der Waals surface area contributed by atoms with Crippen molar-refractivity contribution in [2.24, 2.45) is 5.73 Å². The number of rotatable bonds is 4. The minimum Gasteiger partial charge on any atom is -0.330 e. The van der Waals surface area contributed by atoms with Crippen LogP contribution in [0.5, 0.6) is 0 Å². The summed E-state index contributed by atoms with van der Waals surface area (Å²) in [6, 6.07) is 13.2. The maximum absolute atomic E-state index is 13.2. The van der Waals surface area contributed by atoms with Gasteiger partial charge in [0.05, 0.1) is 0 Å². The fourth-order valence-electron chi connectivity index (χ4n) is 1.73. The van der Waals surface area contributed by atoms with E-state index in [0.717, 1.165) is 15.4 Å². The molecule has 0 aliphatic carbocycles. The number of halogens is 1. The van der Waals surface area contributed by atoms with Crippen LogP contribution < -0.4 is 5.73 Å². The van der Waals surface area contributed by atoms with Gasteiger partial charge in [-0.05, 0) is 55.8 Å². The highest BCUT2D eigenvalue weighted by molar-refractivity contribution is 7.99. The Balaban J connectivity index is 2.25. The molecule has 2 aromatic carbocycles. The average molecular weight is 261 g/mol. The molecule has 0 atom stereocenters. The van der Waals surface area contributed by atoms with Gasteiger partial charge in [0.2, 0.25) is 0 Å². The van der Waals surface area contributed by atoms with Crippen LogP contribution >= 0.6 is 11.8 Å². The predicted molar refractivity (Wildman–Crippen MR) is 74.5 cm³/mol. The van der Waals surface area contributed by atoms with E-state index in [1.807, 2.05) is 6.07 Å². The standard InChI is InChI=1S/C15H16FNS/c1-11-2-5-14(6-3-11)18-15-7-4-13(16)10-12(15)8-9-17/h2-7,10H,8-9,17H2,1H3. The minimum absolute atomic E-state index is 0.202. The smallest absolute Gasteiger partial charge is 0.123 e. The van der Waals surface area contributed by atoms with E-state index < -0.39 is 0 Å². The fourth-order valence-corrected chi connectivity index (χ4v) is 2.69. The van der Waals surface area contributed by atoms with E-state index >= 15 is 0 Å². The maximum atomic E-state index is 13.2. The predicted octanol–water partition coefficient (Wildman–Crippen LogP) is 3.79. The first-order valence-corrected chi connectivity index (χ1v) is 6.73. The number of nitrogens with two attached hydrogens (primary N) is 1. The van der Waals surface area contributed by atoms with Crippen molar-refractivity contribution in [1.29, 1.82) is 0 Å². The van der Waals surface area contributed by atoms with E-state index in [1.165, 1.54) is 11.6 Å². The Bertz CT molecular complexity index is 523. The minimum atomic E-state index is -0.202. The van der Waals surface area contributed by atoms with E-state index in [-0.39, 0.29) is 5.82 Å². The van der Waals surface area contributed by atoms with Crippen LogP contribution in [0.4, 0.5) is 4.39 Å². The van der Waals surface area contributed by atoms with Gasteiger partial charge in [0.25, 0.3) is 0 Å². The van der Waals surface area contributed by atoms with Gasteiger partial charge in [-0.15, -0.1) is 0 Å². The summed E-state index contributed by atoms with van der Waals surface area (Å²) in [6.45, 7) is 2.59. The molecule has 0 aliphatic rings. The quantitative estimate of drug-likeness (QED) is 0.906. The third kappa shape index (κ3) is 3.34. The Morgan fingerprint density at radius 1 is 1.11 bits per heavy atom. The highest BCUT2D eigenvalue weighted by Crippen LogP contribution is 2.31. The molecule has 0 amide bonds. The van der Waals surface area contributed by atoms with Gasteiger partial charge in [0, 0.05) is 9.79 Å². The lowest BCUT2D eigenvalue weighted by atomic mass is 10.1. The van der Waals surface area contributed by atoms with Crippen LogP contribution in [0.1, 0.15) is 11.1 Å². The van der Waals surface area contributed by atoms with Gasteiger partial charge in [0.1, 0.15) is 5.82 Å². The zero-order valence-corrected chi connectivity index (χ0v) is 11.1. The normalized spacial score (nSPS) is 10.6.